The number of nitrogens with two attached hydrogens (primary N) is 2. The number of rotatable bonds is 6. The number of hydrogen-bond donors (Lipinski definition) is 3. The maximum atomic E-state index is 13.7. The zero-order valence-corrected chi connectivity index (χ0v) is 10.1. The van der Waals surface area contributed by atoms with Crippen LogP contribution in [0.2, 0.25) is 0 Å². The van der Waals surface area contributed by atoms with Crippen molar-refractivity contribution in [1.29, 1.82) is 0 Å². The predicted molar refractivity (Wildman–Crippen MR) is 66.3 cm³/mol. The van der Waals surface area contributed by atoms with Crippen LogP contribution in [-0.4, -0.2) is 25.0 Å². The summed E-state index contributed by atoms with van der Waals surface area (Å²) in [5.41, 5.74) is 5.30. The lowest BCUT2D eigenvalue weighted by Crippen LogP contribution is -2.33. The molecule has 1 atom stereocenters. The molecular weight excluding hydrogens is 240 g/mol. The SMILES string of the molecule is CNCCC(c1cc(F)ccc1F)N(N)/N=C\N. The van der Waals surface area contributed by atoms with Gasteiger partial charge in [-0.15, -0.1) is 0 Å². The van der Waals surface area contributed by atoms with Crippen molar-refractivity contribution in [3.05, 3.63) is 35.4 Å². The van der Waals surface area contributed by atoms with Crippen molar-refractivity contribution < 1.29 is 8.78 Å². The number of halogens is 2. The molecule has 0 amide bonds. The van der Waals surface area contributed by atoms with Gasteiger partial charge in [-0.2, -0.15) is 5.10 Å². The minimum Gasteiger partial charge on any atom is -0.388 e. The van der Waals surface area contributed by atoms with E-state index in [1.807, 2.05) is 0 Å². The lowest BCUT2D eigenvalue weighted by molar-refractivity contribution is 0.196. The molecule has 5 N–H and O–H groups in total. The molecule has 18 heavy (non-hydrogen) atoms. The molecule has 0 heterocycles. The summed E-state index contributed by atoms with van der Waals surface area (Å²) in [5, 5.41) is 7.61. The Morgan fingerprint density at radius 1 is 1.50 bits per heavy atom. The van der Waals surface area contributed by atoms with E-state index in [4.69, 9.17) is 11.6 Å². The summed E-state index contributed by atoms with van der Waals surface area (Å²) in [6.07, 6.45) is 1.47. The van der Waals surface area contributed by atoms with Crippen molar-refractivity contribution in [2.24, 2.45) is 16.7 Å². The fraction of sp³-hybridized carbons (Fsp3) is 0.364. The van der Waals surface area contributed by atoms with E-state index in [1.54, 1.807) is 7.05 Å². The number of hydrazine groups is 1. The molecule has 0 radical (unpaired) electrons. The third kappa shape index (κ3) is 3.64. The van der Waals surface area contributed by atoms with Crippen LogP contribution in [0.5, 0.6) is 0 Å². The fourth-order valence-electron chi connectivity index (χ4n) is 1.64. The first-order valence-electron chi connectivity index (χ1n) is 5.47. The maximum absolute atomic E-state index is 13.7. The zero-order valence-electron chi connectivity index (χ0n) is 10.1. The van der Waals surface area contributed by atoms with Gasteiger partial charge in [0.25, 0.3) is 0 Å². The lowest BCUT2D eigenvalue weighted by Gasteiger charge is -2.25. The van der Waals surface area contributed by atoms with Gasteiger partial charge in [-0.3, -0.25) is 0 Å². The van der Waals surface area contributed by atoms with Crippen LogP contribution >= 0.6 is 0 Å². The minimum atomic E-state index is -0.590. The van der Waals surface area contributed by atoms with Gasteiger partial charge >= 0.3 is 0 Å². The van der Waals surface area contributed by atoms with Crippen molar-refractivity contribution in [3.63, 3.8) is 0 Å². The summed E-state index contributed by atoms with van der Waals surface area (Å²) in [6, 6.07) is 2.65. The van der Waals surface area contributed by atoms with Gasteiger partial charge in [-0.25, -0.2) is 19.7 Å². The summed E-state index contributed by atoms with van der Waals surface area (Å²) in [7, 11) is 1.76. The molecule has 0 aliphatic heterocycles. The van der Waals surface area contributed by atoms with E-state index in [2.05, 4.69) is 10.4 Å². The van der Waals surface area contributed by atoms with Gasteiger partial charge in [0, 0.05) is 5.56 Å². The highest BCUT2D eigenvalue weighted by atomic mass is 19.1. The zero-order chi connectivity index (χ0) is 13.5. The van der Waals surface area contributed by atoms with Gasteiger partial charge in [0.05, 0.1) is 6.04 Å². The summed E-state index contributed by atoms with van der Waals surface area (Å²) in [4.78, 5) is 0. The van der Waals surface area contributed by atoms with E-state index < -0.39 is 17.7 Å². The Morgan fingerprint density at radius 2 is 2.22 bits per heavy atom. The Balaban J connectivity index is 3.03. The summed E-state index contributed by atoms with van der Waals surface area (Å²) in [6.45, 7) is 0.578. The van der Waals surface area contributed by atoms with Crippen LogP contribution < -0.4 is 16.9 Å². The third-order valence-corrected chi connectivity index (χ3v) is 2.50. The molecule has 1 aromatic rings. The second-order valence-electron chi connectivity index (χ2n) is 3.72. The lowest BCUT2D eigenvalue weighted by atomic mass is 10.0. The second kappa shape index (κ2) is 6.87. The monoisotopic (exact) mass is 257 g/mol. The van der Waals surface area contributed by atoms with Crippen LogP contribution in [0.25, 0.3) is 0 Å². The van der Waals surface area contributed by atoms with Crippen molar-refractivity contribution in [2.75, 3.05) is 13.6 Å². The van der Waals surface area contributed by atoms with Gasteiger partial charge in [0.1, 0.15) is 18.0 Å². The van der Waals surface area contributed by atoms with Gasteiger partial charge in [0.2, 0.25) is 0 Å². The molecule has 0 saturated carbocycles. The average Bonchev–Trinajstić information content (AvgIpc) is 2.34. The van der Waals surface area contributed by atoms with Crippen molar-refractivity contribution >= 4 is 6.34 Å². The van der Waals surface area contributed by atoms with Gasteiger partial charge in [-0.1, -0.05) is 0 Å². The number of hydrogen-bond acceptors (Lipinski definition) is 4. The fourth-order valence-corrected chi connectivity index (χ4v) is 1.64. The summed E-state index contributed by atoms with van der Waals surface area (Å²) < 4.78 is 26.9. The highest BCUT2D eigenvalue weighted by Gasteiger charge is 2.20. The van der Waals surface area contributed by atoms with E-state index in [1.165, 1.54) is 0 Å². The van der Waals surface area contributed by atoms with Crippen molar-refractivity contribution in [1.82, 2.24) is 10.4 Å². The van der Waals surface area contributed by atoms with E-state index in [-0.39, 0.29) is 5.56 Å². The minimum absolute atomic E-state index is 0.151. The number of nitrogens with zero attached hydrogens (tertiary/aromatic N) is 2. The summed E-state index contributed by atoms with van der Waals surface area (Å²) >= 11 is 0. The molecular formula is C11H17F2N5. The van der Waals surface area contributed by atoms with E-state index in [9.17, 15) is 8.78 Å². The molecule has 1 aromatic carbocycles. The van der Waals surface area contributed by atoms with E-state index in [0.717, 1.165) is 29.7 Å². The number of nitrogens with one attached hydrogen (secondary N) is 1. The van der Waals surface area contributed by atoms with E-state index in [0.29, 0.717) is 13.0 Å². The summed E-state index contributed by atoms with van der Waals surface area (Å²) in [5.74, 6) is 4.61. The molecule has 0 aliphatic rings. The molecule has 7 heteroatoms. The van der Waals surface area contributed by atoms with Crippen molar-refractivity contribution in [3.8, 4) is 0 Å². The Hall–Kier alpha value is -1.73. The largest absolute Gasteiger partial charge is 0.388 e. The molecule has 0 aromatic heterocycles. The van der Waals surface area contributed by atoms with Crippen molar-refractivity contribution in [2.45, 2.75) is 12.5 Å². The second-order valence-corrected chi connectivity index (χ2v) is 3.72. The molecule has 1 unspecified atom stereocenters. The molecule has 1 rings (SSSR count). The average molecular weight is 257 g/mol. The topological polar surface area (TPSA) is 79.7 Å². The third-order valence-electron chi connectivity index (χ3n) is 2.50. The van der Waals surface area contributed by atoms with E-state index >= 15 is 0 Å². The van der Waals surface area contributed by atoms with Crippen LogP contribution in [0.3, 0.4) is 0 Å². The first kappa shape index (κ1) is 14.3. The first-order chi connectivity index (χ1) is 8.60. The Bertz CT molecular complexity index is 410. The molecule has 0 bridgehead atoms. The Labute approximate surface area is 104 Å². The molecule has 0 saturated heterocycles. The van der Waals surface area contributed by atoms with Crippen LogP contribution in [0, 0.1) is 11.6 Å². The Kier molecular flexibility index (Phi) is 5.47. The smallest absolute Gasteiger partial charge is 0.128 e. The quantitative estimate of drug-likeness (QED) is 0.303. The maximum Gasteiger partial charge on any atom is 0.128 e. The highest BCUT2D eigenvalue weighted by molar-refractivity contribution is 5.50. The van der Waals surface area contributed by atoms with Gasteiger partial charge < -0.3 is 11.1 Å². The predicted octanol–water partition coefficient (Wildman–Crippen LogP) is 0.693. The van der Waals surface area contributed by atoms with Gasteiger partial charge in [-0.05, 0) is 38.2 Å². The molecule has 0 fully saturated rings. The highest BCUT2D eigenvalue weighted by Crippen LogP contribution is 2.25. The van der Waals surface area contributed by atoms with Crippen LogP contribution in [0.15, 0.2) is 23.3 Å². The number of benzene rings is 1. The van der Waals surface area contributed by atoms with Crippen LogP contribution in [0.4, 0.5) is 8.78 Å². The van der Waals surface area contributed by atoms with Crippen LogP contribution in [0.1, 0.15) is 18.0 Å². The number of hydrazone groups is 1. The van der Waals surface area contributed by atoms with Gasteiger partial charge in [0.15, 0.2) is 0 Å². The normalized spacial score (nSPS) is 12.9. The molecule has 100 valence electrons. The van der Waals surface area contributed by atoms with Crippen LogP contribution in [-0.2, 0) is 0 Å². The molecule has 5 nitrogen and oxygen atoms in total. The standard InChI is InChI=1S/C11H17F2N5/c1-16-5-4-11(18(15)17-7-14)9-6-8(12)2-3-10(9)13/h2-3,6-7,11,16H,4-5,15H2,1H3,(H2,14,17). The first-order valence-corrected chi connectivity index (χ1v) is 5.47. The Morgan fingerprint density at radius 3 is 2.83 bits per heavy atom. The molecule has 0 spiro atoms. The molecule has 0 aliphatic carbocycles.